The van der Waals surface area contributed by atoms with Crippen molar-refractivity contribution in [1.82, 2.24) is 10.2 Å². The first-order valence-corrected chi connectivity index (χ1v) is 11.3. The Morgan fingerprint density at radius 2 is 1.74 bits per heavy atom. The lowest BCUT2D eigenvalue weighted by atomic mass is 10.0. The van der Waals surface area contributed by atoms with Crippen molar-refractivity contribution in [3.63, 3.8) is 0 Å². The summed E-state index contributed by atoms with van der Waals surface area (Å²) < 4.78 is 6.67. The largest absolute Gasteiger partial charge is 0.483 e. The second-order valence-electron chi connectivity index (χ2n) is 7.83. The quantitative estimate of drug-likeness (QED) is 0.575. The summed E-state index contributed by atoms with van der Waals surface area (Å²) in [6.07, 6.45) is 1.48. The smallest absolute Gasteiger partial charge is 0.260 e. The topological polar surface area (TPSA) is 58.6 Å². The number of likely N-dealkylation sites (tertiary alicyclic amines) is 1. The molecule has 0 aliphatic carbocycles. The van der Waals surface area contributed by atoms with E-state index in [9.17, 15) is 9.59 Å². The number of benzene rings is 3. The van der Waals surface area contributed by atoms with E-state index in [-0.39, 0.29) is 24.5 Å². The number of halogens is 1. The Morgan fingerprint density at radius 3 is 2.52 bits per heavy atom. The second kappa shape index (κ2) is 9.52. The van der Waals surface area contributed by atoms with Crippen LogP contribution in [-0.4, -0.2) is 42.5 Å². The fourth-order valence-corrected chi connectivity index (χ4v) is 4.53. The van der Waals surface area contributed by atoms with Gasteiger partial charge in [0.05, 0.1) is 4.47 Å². The molecule has 3 aromatic carbocycles. The van der Waals surface area contributed by atoms with Gasteiger partial charge in [-0.2, -0.15) is 0 Å². The Morgan fingerprint density at radius 1 is 1.03 bits per heavy atom. The van der Waals surface area contributed by atoms with Crippen molar-refractivity contribution in [3.05, 3.63) is 76.3 Å². The lowest BCUT2D eigenvalue weighted by molar-refractivity contribution is -0.134. The summed E-state index contributed by atoms with van der Waals surface area (Å²) in [5.41, 5.74) is 1.67. The summed E-state index contributed by atoms with van der Waals surface area (Å²) in [7, 11) is 0. The molecule has 5 nitrogen and oxygen atoms in total. The lowest BCUT2D eigenvalue weighted by Gasteiger charge is -2.32. The van der Waals surface area contributed by atoms with Crippen LogP contribution in [0.2, 0.25) is 0 Å². The van der Waals surface area contributed by atoms with Gasteiger partial charge in [-0.25, -0.2) is 0 Å². The monoisotopic (exact) mass is 480 g/mol. The maximum absolute atomic E-state index is 12.6. The van der Waals surface area contributed by atoms with Crippen LogP contribution in [0.4, 0.5) is 0 Å². The average molecular weight is 481 g/mol. The molecule has 2 amide bonds. The van der Waals surface area contributed by atoms with Gasteiger partial charge >= 0.3 is 0 Å². The van der Waals surface area contributed by atoms with Crippen LogP contribution in [0.1, 0.15) is 28.8 Å². The van der Waals surface area contributed by atoms with E-state index in [2.05, 4.69) is 21.2 Å². The molecule has 0 spiro atoms. The third-order valence-corrected chi connectivity index (χ3v) is 6.57. The van der Waals surface area contributed by atoms with Gasteiger partial charge in [0, 0.05) is 24.7 Å². The molecule has 4 rings (SSSR count). The van der Waals surface area contributed by atoms with Crippen LogP contribution in [-0.2, 0) is 4.79 Å². The molecular formula is C25H25BrN2O3. The van der Waals surface area contributed by atoms with Crippen molar-refractivity contribution in [3.8, 4) is 5.75 Å². The van der Waals surface area contributed by atoms with Crippen molar-refractivity contribution in [2.45, 2.75) is 25.8 Å². The number of amides is 2. The summed E-state index contributed by atoms with van der Waals surface area (Å²) in [5.74, 6) is 0.573. The Hall–Kier alpha value is -2.86. The second-order valence-corrected chi connectivity index (χ2v) is 8.62. The van der Waals surface area contributed by atoms with Crippen LogP contribution in [0.3, 0.4) is 0 Å². The number of piperidine rings is 1. The van der Waals surface area contributed by atoms with E-state index in [1.165, 1.54) is 0 Å². The first-order valence-electron chi connectivity index (χ1n) is 10.5. The minimum absolute atomic E-state index is 0.00280. The Balaban J connectivity index is 1.28. The summed E-state index contributed by atoms with van der Waals surface area (Å²) in [5, 5.41) is 5.27. The lowest BCUT2D eigenvalue weighted by Crippen LogP contribution is -2.47. The Kier molecular flexibility index (Phi) is 6.56. The molecule has 1 aliphatic rings. The molecule has 6 heteroatoms. The highest BCUT2D eigenvalue weighted by Crippen LogP contribution is 2.33. The standard InChI is InChI=1S/C25H25BrN2O3/c1-17-6-2-4-8-20(17)25(30)27-19-12-14-28(15-13-19)23(29)16-31-22-11-10-18-7-3-5-9-21(18)24(22)26/h2-11,19H,12-16H2,1H3,(H,27,30). The molecule has 1 aliphatic heterocycles. The number of rotatable bonds is 5. The zero-order chi connectivity index (χ0) is 21.8. The van der Waals surface area contributed by atoms with E-state index in [1.807, 2.05) is 72.5 Å². The zero-order valence-corrected chi connectivity index (χ0v) is 19.0. The van der Waals surface area contributed by atoms with Gasteiger partial charge in [-0.15, -0.1) is 0 Å². The molecule has 1 fully saturated rings. The number of ether oxygens (including phenoxy) is 1. The summed E-state index contributed by atoms with van der Waals surface area (Å²) in [4.78, 5) is 27.0. The van der Waals surface area contributed by atoms with Crippen LogP contribution < -0.4 is 10.1 Å². The minimum atomic E-state index is -0.0487. The van der Waals surface area contributed by atoms with Gasteiger partial charge in [0.15, 0.2) is 6.61 Å². The fourth-order valence-electron chi connectivity index (χ4n) is 3.92. The molecule has 0 saturated carbocycles. The van der Waals surface area contributed by atoms with Crippen molar-refractivity contribution in [1.29, 1.82) is 0 Å². The summed E-state index contributed by atoms with van der Waals surface area (Å²) in [6, 6.07) is 19.5. The normalized spacial score (nSPS) is 14.5. The molecule has 0 atom stereocenters. The number of nitrogens with one attached hydrogen (secondary N) is 1. The van der Waals surface area contributed by atoms with E-state index in [0.717, 1.165) is 33.7 Å². The number of aryl methyl sites for hydroxylation is 1. The molecule has 3 aromatic rings. The Labute approximate surface area is 190 Å². The third-order valence-electron chi connectivity index (χ3n) is 5.75. The predicted octanol–water partition coefficient (Wildman–Crippen LogP) is 4.71. The molecule has 160 valence electrons. The molecule has 1 saturated heterocycles. The number of carbonyl (C=O) groups is 2. The van der Waals surface area contributed by atoms with Crippen LogP contribution in [0.5, 0.6) is 5.75 Å². The molecular weight excluding hydrogens is 456 g/mol. The van der Waals surface area contributed by atoms with Gasteiger partial charge in [0.25, 0.3) is 11.8 Å². The zero-order valence-electron chi connectivity index (χ0n) is 17.4. The van der Waals surface area contributed by atoms with Crippen LogP contribution in [0, 0.1) is 6.92 Å². The van der Waals surface area contributed by atoms with E-state index in [1.54, 1.807) is 0 Å². The van der Waals surface area contributed by atoms with Gasteiger partial charge in [-0.05, 0) is 64.2 Å². The van der Waals surface area contributed by atoms with E-state index < -0.39 is 0 Å². The maximum atomic E-state index is 12.6. The third kappa shape index (κ3) is 4.90. The Bertz CT molecular complexity index is 1110. The number of nitrogens with zero attached hydrogens (tertiary/aromatic N) is 1. The first-order chi connectivity index (χ1) is 15.0. The van der Waals surface area contributed by atoms with E-state index in [4.69, 9.17) is 4.74 Å². The maximum Gasteiger partial charge on any atom is 0.260 e. The summed E-state index contributed by atoms with van der Waals surface area (Å²) in [6.45, 7) is 3.15. The molecule has 1 N–H and O–H groups in total. The van der Waals surface area contributed by atoms with E-state index in [0.29, 0.717) is 24.4 Å². The van der Waals surface area contributed by atoms with Crippen molar-refractivity contribution in [2.24, 2.45) is 0 Å². The fraction of sp³-hybridized carbons (Fsp3) is 0.280. The number of carbonyl (C=O) groups excluding carboxylic acids is 2. The molecule has 31 heavy (non-hydrogen) atoms. The van der Waals surface area contributed by atoms with Crippen LogP contribution in [0.15, 0.2) is 65.1 Å². The SMILES string of the molecule is Cc1ccccc1C(=O)NC1CCN(C(=O)COc2ccc3ccccc3c2Br)CC1. The van der Waals surface area contributed by atoms with Gasteiger partial charge in [-0.1, -0.05) is 48.5 Å². The van der Waals surface area contributed by atoms with Crippen molar-refractivity contribution >= 4 is 38.5 Å². The van der Waals surface area contributed by atoms with Gasteiger partial charge < -0.3 is 15.0 Å². The van der Waals surface area contributed by atoms with Crippen molar-refractivity contribution < 1.29 is 14.3 Å². The molecule has 0 unspecified atom stereocenters. The number of hydrogen-bond acceptors (Lipinski definition) is 3. The highest BCUT2D eigenvalue weighted by molar-refractivity contribution is 9.10. The van der Waals surface area contributed by atoms with Crippen LogP contribution >= 0.6 is 15.9 Å². The number of fused-ring (bicyclic) bond motifs is 1. The highest BCUT2D eigenvalue weighted by Gasteiger charge is 2.25. The molecule has 1 heterocycles. The molecule has 0 bridgehead atoms. The number of hydrogen-bond donors (Lipinski definition) is 1. The van der Waals surface area contributed by atoms with Crippen molar-refractivity contribution in [2.75, 3.05) is 19.7 Å². The predicted molar refractivity (Wildman–Crippen MR) is 125 cm³/mol. The van der Waals surface area contributed by atoms with E-state index >= 15 is 0 Å². The van der Waals surface area contributed by atoms with Crippen LogP contribution in [0.25, 0.3) is 10.8 Å². The molecule has 0 aromatic heterocycles. The van der Waals surface area contributed by atoms with Gasteiger partial charge in [0.1, 0.15) is 5.75 Å². The van der Waals surface area contributed by atoms with Gasteiger partial charge in [-0.3, -0.25) is 9.59 Å². The molecule has 0 radical (unpaired) electrons. The minimum Gasteiger partial charge on any atom is -0.483 e. The average Bonchev–Trinajstić information content (AvgIpc) is 2.79. The summed E-state index contributed by atoms with van der Waals surface area (Å²) >= 11 is 3.59. The van der Waals surface area contributed by atoms with Gasteiger partial charge in [0.2, 0.25) is 0 Å². The first kappa shape index (κ1) is 21.4. The highest BCUT2D eigenvalue weighted by atomic mass is 79.9.